The molecule has 1 heterocycles. The van der Waals surface area contributed by atoms with Crippen LogP contribution in [-0.4, -0.2) is 23.1 Å². The lowest BCUT2D eigenvalue weighted by Crippen LogP contribution is -2.30. The molecule has 0 amide bonds. The molecule has 1 rings (SSSR count). The van der Waals surface area contributed by atoms with Crippen LogP contribution in [0.25, 0.3) is 0 Å². The molecule has 0 fully saturated rings. The minimum absolute atomic E-state index is 0.00154. The van der Waals surface area contributed by atoms with E-state index in [0.717, 1.165) is 12.2 Å². The molecule has 4 heteroatoms. The normalized spacial score (nSPS) is 11.1. The van der Waals surface area contributed by atoms with Crippen molar-refractivity contribution in [3.8, 4) is 0 Å². The zero-order chi connectivity index (χ0) is 12.9. The van der Waals surface area contributed by atoms with Crippen LogP contribution in [0.5, 0.6) is 0 Å². The molecule has 1 N–H and O–H groups in total. The molecule has 0 unspecified atom stereocenters. The SMILES string of the molecule is CCOC(=O)c1ccc(NC(C)(C)CC)nc1. The third kappa shape index (κ3) is 4.06. The summed E-state index contributed by atoms with van der Waals surface area (Å²) >= 11 is 0. The highest BCUT2D eigenvalue weighted by Gasteiger charge is 2.15. The average molecular weight is 236 g/mol. The standard InChI is InChI=1S/C13H20N2O2/c1-5-13(3,4)15-11-8-7-10(9-14-11)12(16)17-6-2/h7-9H,5-6H2,1-4H3,(H,14,15). The number of anilines is 1. The lowest BCUT2D eigenvalue weighted by Gasteiger charge is -2.25. The number of nitrogens with zero attached hydrogens (tertiary/aromatic N) is 1. The zero-order valence-corrected chi connectivity index (χ0v) is 10.9. The van der Waals surface area contributed by atoms with Crippen LogP contribution >= 0.6 is 0 Å². The number of hydrogen-bond acceptors (Lipinski definition) is 4. The van der Waals surface area contributed by atoms with E-state index in [1.807, 2.05) is 0 Å². The van der Waals surface area contributed by atoms with Crippen molar-refractivity contribution >= 4 is 11.8 Å². The quantitative estimate of drug-likeness (QED) is 0.799. The first-order chi connectivity index (χ1) is 7.98. The Hall–Kier alpha value is -1.58. The summed E-state index contributed by atoms with van der Waals surface area (Å²) < 4.78 is 4.89. The fourth-order valence-electron chi connectivity index (χ4n) is 1.24. The predicted octanol–water partition coefficient (Wildman–Crippen LogP) is 2.86. The summed E-state index contributed by atoms with van der Waals surface area (Å²) in [7, 11) is 0. The Bertz CT molecular complexity index is 372. The topological polar surface area (TPSA) is 51.2 Å². The van der Waals surface area contributed by atoms with Gasteiger partial charge in [-0.15, -0.1) is 0 Å². The number of pyridine rings is 1. The van der Waals surface area contributed by atoms with Gasteiger partial charge in [0.25, 0.3) is 0 Å². The average Bonchev–Trinajstić information content (AvgIpc) is 2.30. The molecular weight excluding hydrogens is 216 g/mol. The molecule has 0 saturated heterocycles. The van der Waals surface area contributed by atoms with Gasteiger partial charge in [0.05, 0.1) is 12.2 Å². The van der Waals surface area contributed by atoms with E-state index in [9.17, 15) is 4.79 Å². The van der Waals surface area contributed by atoms with Gasteiger partial charge in [-0.3, -0.25) is 0 Å². The van der Waals surface area contributed by atoms with Crippen molar-refractivity contribution in [1.29, 1.82) is 0 Å². The molecule has 4 nitrogen and oxygen atoms in total. The Morgan fingerprint density at radius 1 is 1.41 bits per heavy atom. The van der Waals surface area contributed by atoms with Gasteiger partial charge in [-0.2, -0.15) is 0 Å². The van der Waals surface area contributed by atoms with Crippen LogP contribution in [0, 0.1) is 0 Å². The molecule has 0 saturated carbocycles. The molecule has 0 radical (unpaired) electrons. The highest BCUT2D eigenvalue weighted by Crippen LogP contribution is 2.16. The maximum Gasteiger partial charge on any atom is 0.339 e. The van der Waals surface area contributed by atoms with E-state index in [0.29, 0.717) is 12.2 Å². The molecule has 1 aromatic rings. The van der Waals surface area contributed by atoms with Crippen molar-refractivity contribution in [1.82, 2.24) is 4.98 Å². The molecule has 0 aliphatic heterocycles. The number of carbonyl (C=O) groups is 1. The first kappa shape index (κ1) is 13.5. The van der Waals surface area contributed by atoms with Crippen molar-refractivity contribution < 1.29 is 9.53 Å². The lowest BCUT2D eigenvalue weighted by molar-refractivity contribution is 0.0526. The molecule has 0 aromatic carbocycles. The van der Waals surface area contributed by atoms with Gasteiger partial charge in [-0.1, -0.05) is 6.92 Å². The van der Waals surface area contributed by atoms with E-state index >= 15 is 0 Å². The minimum atomic E-state index is -0.332. The third-order valence-corrected chi connectivity index (χ3v) is 2.62. The van der Waals surface area contributed by atoms with E-state index < -0.39 is 0 Å². The Balaban J connectivity index is 2.71. The van der Waals surface area contributed by atoms with Crippen molar-refractivity contribution in [2.24, 2.45) is 0 Å². The first-order valence-corrected chi connectivity index (χ1v) is 5.90. The molecule has 0 aliphatic rings. The van der Waals surface area contributed by atoms with Crippen molar-refractivity contribution in [2.45, 2.75) is 39.7 Å². The van der Waals surface area contributed by atoms with Crippen molar-refractivity contribution in [3.05, 3.63) is 23.9 Å². The first-order valence-electron chi connectivity index (χ1n) is 5.90. The number of aromatic nitrogens is 1. The van der Waals surface area contributed by atoms with Gasteiger partial charge in [-0.05, 0) is 39.3 Å². The number of ether oxygens (including phenoxy) is 1. The Kier molecular flexibility index (Phi) is 4.49. The molecule has 1 aromatic heterocycles. The number of nitrogens with one attached hydrogen (secondary N) is 1. The molecular formula is C13H20N2O2. The monoisotopic (exact) mass is 236 g/mol. The van der Waals surface area contributed by atoms with Crippen molar-refractivity contribution in [3.63, 3.8) is 0 Å². The van der Waals surface area contributed by atoms with Gasteiger partial charge in [0.1, 0.15) is 5.82 Å². The zero-order valence-electron chi connectivity index (χ0n) is 10.9. The van der Waals surface area contributed by atoms with Crippen molar-refractivity contribution in [2.75, 3.05) is 11.9 Å². The third-order valence-electron chi connectivity index (χ3n) is 2.62. The molecule has 0 atom stereocenters. The van der Waals surface area contributed by atoms with Gasteiger partial charge >= 0.3 is 5.97 Å². The second-order valence-corrected chi connectivity index (χ2v) is 4.52. The summed E-state index contributed by atoms with van der Waals surface area (Å²) in [6.45, 7) is 8.48. The van der Waals surface area contributed by atoms with Gasteiger partial charge in [0.15, 0.2) is 0 Å². The Labute approximate surface area is 102 Å². The summed E-state index contributed by atoms with van der Waals surface area (Å²) in [6, 6.07) is 3.52. The lowest BCUT2D eigenvalue weighted by atomic mass is 10.0. The van der Waals surface area contributed by atoms with Gasteiger partial charge in [0, 0.05) is 11.7 Å². The van der Waals surface area contributed by atoms with Gasteiger partial charge in [0.2, 0.25) is 0 Å². The van der Waals surface area contributed by atoms with Crippen LogP contribution in [0.3, 0.4) is 0 Å². The second-order valence-electron chi connectivity index (χ2n) is 4.52. The molecule has 0 bridgehead atoms. The highest BCUT2D eigenvalue weighted by molar-refractivity contribution is 5.89. The number of hydrogen-bond donors (Lipinski definition) is 1. The van der Waals surface area contributed by atoms with E-state index in [4.69, 9.17) is 4.74 Å². The smallest absolute Gasteiger partial charge is 0.339 e. The molecule has 17 heavy (non-hydrogen) atoms. The van der Waals surface area contributed by atoms with E-state index in [-0.39, 0.29) is 11.5 Å². The summed E-state index contributed by atoms with van der Waals surface area (Å²) in [5.74, 6) is 0.436. The second kappa shape index (κ2) is 5.66. The summed E-state index contributed by atoms with van der Waals surface area (Å²) in [6.07, 6.45) is 2.53. The van der Waals surface area contributed by atoms with Gasteiger partial charge in [-0.25, -0.2) is 9.78 Å². The molecule has 94 valence electrons. The summed E-state index contributed by atoms with van der Waals surface area (Å²) in [5.41, 5.74) is 0.477. The van der Waals surface area contributed by atoms with E-state index in [2.05, 4.69) is 31.1 Å². The van der Waals surface area contributed by atoms with E-state index in [1.165, 1.54) is 6.20 Å². The number of esters is 1. The summed E-state index contributed by atoms with van der Waals surface area (Å²) in [5, 5.41) is 3.30. The van der Waals surface area contributed by atoms with Crippen LogP contribution in [0.2, 0.25) is 0 Å². The Morgan fingerprint density at radius 2 is 2.12 bits per heavy atom. The maximum atomic E-state index is 11.4. The predicted molar refractivity (Wildman–Crippen MR) is 68.2 cm³/mol. The van der Waals surface area contributed by atoms with Gasteiger partial charge < -0.3 is 10.1 Å². The number of rotatable bonds is 5. The molecule has 0 spiro atoms. The fourth-order valence-corrected chi connectivity index (χ4v) is 1.24. The maximum absolute atomic E-state index is 11.4. The number of carbonyl (C=O) groups excluding carboxylic acids is 1. The minimum Gasteiger partial charge on any atom is -0.462 e. The summed E-state index contributed by atoms with van der Waals surface area (Å²) in [4.78, 5) is 15.6. The highest BCUT2D eigenvalue weighted by atomic mass is 16.5. The Morgan fingerprint density at radius 3 is 2.59 bits per heavy atom. The fraction of sp³-hybridized carbons (Fsp3) is 0.538. The van der Waals surface area contributed by atoms with E-state index in [1.54, 1.807) is 19.1 Å². The van der Waals surface area contributed by atoms with Crippen LogP contribution in [-0.2, 0) is 4.74 Å². The van der Waals surface area contributed by atoms with Crippen LogP contribution < -0.4 is 5.32 Å². The van der Waals surface area contributed by atoms with Crippen LogP contribution in [0.15, 0.2) is 18.3 Å². The molecule has 0 aliphatic carbocycles. The largest absolute Gasteiger partial charge is 0.462 e. The van der Waals surface area contributed by atoms with Crippen LogP contribution in [0.1, 0.15) is 44.5 Å². The van der Waals surface area contributed by atoms with Crippen LogP contribution in [0.4, 0.5) is 5.82 Å².